The molecule has 1 aliphatic heterocycles. The number of ether oxygens (including phenoxy) is 1. The molecule has 30 heavy (non-hydrogen) atoms. The third kappa shape index (κ3) is 3.45. The highest BCUT2D eigenvalue weighted by molar-refractivity contribution is 7.10. The summed E-state index contributed by atoms with van der Waals surface area (Å²) in [5.41, 5.74) is 3.80. The van der Waals surface area contributed by atoms with Crippen LogP contribution in [0.5, 0.6) is 0 Å². The summed E-state index contributed by atoms with van der Waals surface area (Å²) >= 11 is 1.53. The van der Waals surface area contributed by atoms with Gasteiger partial charge >= 0.3 is 5.97 Å². The molecule has 1 atom stereocenters. The predicted octanol–water partition coefficient (Wildman–Crippen LogP) is 4.00. The van der Waals surface area contributed by atoms with E-state index in [2.05, 4.69) is 14.9 Å². The second kappa shape index (κ2) is 8.10. The van der Waals surface area contributed by atoms with Crippen molar-refractivity contribution < 1.29 is 9.53 Å². The summed E-state index contributed by atoms with van der Waals surface area (Å²) in [6, 6.07) is 4.03. The van der Waals surface area contributed by atoms with Crippen LogP contribution in [0, 0.1) is 0 Å². The molecule has 8 heteroatoms. The molecule has 3 aromatic rings. The zero-order valence-electron chi connectivity index (χ0n) is 16.9. The minimum absolute atomic E-state index is 0.128. The Balaban J connectivity index is 1.52. The standard InChI is InChI=1S/C22H23N5O2S/c1-2-29-22(28)17-13-30-21(25-17)18-7-4-12-27(18)20-15-5-3-6-16(15)24-19(26-20)14-8-10-23-11-9-14/h8-11,13,18H,2-7,12H2,1H3. The first-order chi connectivity index (χ1) is 14.7. The van der Waals surface area contributed by atoms with Crippen LogP contribution in [0.3, 0.4) is 0 Å². The second-order valence-electron chi connectivity index (χ2n) is 7.53. The lowest BCUT2D eigenvalue weighted by Gasteiger charge is -2.26. The monoisotopic (exact) mass is 421 g/mol. The van der Waals surface area contributed by atoms with E-state index in [1.54, 1.807) is 24.7 Å². The molecule has 0 saturated carbocycles. The first-order valence-corrected chi connectivity index (χ1v) is 11.3. The lowest BCUT2D eigenvalue weighted by Crippen LogP contribution is -2.25. The van der Waals surface area contributed by atoms with Gasteiger partial charge in [0.25, 0.3) is 0 Å². The third-order valence-electron chi connectivity index (χ3n) is 5.67. The zero-order chi connectivity index (χ0) is 20.5. The maximum atomic E-state index is 12.1. The Kier molecular flexibility index (Phi) is 5.16. The van der Waals surface area contributed by atoms with Crippen LogP contribution in [0.15, 0.2) is 29.9 Å². The van der Waals surface area contributed by atoms with E-state index in [1.165, 1.54) is 16.9 Å². The summed E-state index contributed by atoms with van der Waals surface area (Å²) in [5, 5.41) is 2.75. The van der Waals surface area contributed by atoms with Crippen molar-refractivity contribution in [3.05, 3.63) is 51.9 Å². The number of hydrogen-bond acceptors (Lipinski definition) is 8. The van der Waals surface area contributed by atoms with Gasteiger partial charge in [0.2, 0.25) is 0 Å². The smallest absolute Gasteiger partial charge is 0.357 e. The molecule has 0 bridgehead atoms. The summed E-state index contributed by atoms with van der Waals surface area (Å²) in [5.74, 6) is 1.43. The Labute approximate surface area is 179 Å². The van der Waals surface area contributed by atoms with E-state index in [-0.39, 0.29) is 12.0 Å². The van der Waals surface area contributed by atoms with Gasteiger partial charge in [-0.15, -0.1) is 11.3 Å². The molecule has 0 radical (unpaired) electrons. The average molecular weight is 422 g/mol. The molecule has 7 nitrogen and oxygen atoms in total. The van der Waals surface area contributed by atoms with Crippen LogP contribution in [-0.2, 0) is 17.6 Å². The van der Waals surface area contributed by atoms with Crippen LogP contribution in [0.2, 0.25) is 0 Å². The van der Waals surface area contributed by atoms with Crippen molar-refractivity contribution in [2.75, 3.05) is 18.1 Å². The van der Waals surface area contributed by atoms with E-state index >= 15 is 0 Å². The minimum Gasteiger partial charge on any atom is -0.461 e. The molecular formula is C22H23N5O2S. The van der Waals surface area contributed by atoms with E-state index in [0.29, 0.717) is 12.3 Å². The normalized spacial score (nSPS) is 17.9. The summed E-state index contributed by atoms with van der Waals surface area (Å²) in [6.45, 7) is 3.09. The maximum absolute atomic E-state index is 12.1. The van der Waals surface area contributed by atoms with E-state index in [9.17, 15) is 4.79 Å². The number of fused-ring (bicyclic) bond motifs is 1. The topological polar surface area (TPSA) is 81.1 Å². The van der Waals surface area contributed by atoms with Gasteiger partial charge in [-0.1, -0.05) is 0 Å². The van der Waals surface area contributed by atoms with Crippen molar-refractivity contribution in [3.8, 4) is 11.4 Å². The molecule has 0 spiro atoms. The molecule has 1 saturated heterocycles. The Morgan fingerprint density at radius 2 is 2.07 bits per heavy atom. The summed E-state index contributed by atoms with van der Waals surface area (Å²) in [7, 11) is 0. The number of nitrogens with zero attached hydrogens (tertiary/aromatic N) is 5. The molecule has 0 amide bonds. The number of carbonyl (C=O) groups excluding carboxylic acids is 1. The van der Waals surface area contributed by atoms with Crippen LogP contribution in [0.4, 0.5) is 5.82 Å². The van der Waals surface area contributed by atoms with Gasteiger partial charge in [-0.05, 0) is 51.2 Å². The SMILES string of the molecule is CCOC(=O)c1csc(C2CCCN2c2nc(-c3ccncc3)nc3c2CCC3)n1. The number of anilines is 1. The highest BCUT2D eigenvalue weighted by Crippen LogP contribution is 2.41. The number of rotatable bonds is 5. The fraction of sp³-hybridized carbons (Fsp3) is 0.409. The summed E-state index contributed by atoms with van der Waals surface area (Å²) in [4.78, 5) is 33.0. The largest absolute Gasteiger partial charge is 0.461 e. The first-order valence-electron chi connectivity index (χ1n) is 10.4. The Hall–Kier alpha value is -2.87. The highest BCUT2D eigenvalue weighted by atomic mass is 32.1. The van der Waals surface area contributed by atoms with Crippen LogP contribution in [0.1, 0.15) is 59.0 Å². The molecule has 2 aliphatic rings. The molecule has 1 aliphatic carbocycles. The molecule has 4 heterocycles. The van der Waals surface area contributed by atoms with Gasteiger partial charge in [-0.3, -0.25) is 4.98 Å². The highest BCUT2D eigenvalue weighted by Gasteiger charge is 2.33. The number of carbonyl (C=O) groups is 1. The van der Waals surface area contributed by atoms with Crippen LogP contribution in [-0.4, -0.2) is 39.1 Å². The van der Waals surface area contributed by atoms with Gasteiger partial charge in [0, 0.05) is 41.1 Å². The summed E-state index contributed by atoms with van der Waals surface area (Å²) in [6.07, 6.45) is 8.73. The van der Waals surface area contributed by atoms with E-state index < -0.39 is 0 Å². The molecule has 154 valence electrons. The number of thiazole rings is 1. The Bertz CT molecular complexity index is 1070. The molecular weight excluding hydrogens is 398 g/mol. The Morgan fingerprint density at radius 1 is 1.20 bits per heavy atom. The molecule has 0 aromatic carbocycles. The maximum Gasteiger partial charge on any atom is 0.357 e. The average Bonchev–Trinajstić information content (AvgIpc) is 3.53. The van der Waals surface area contributed by atoms with Crippen LogP contribution in [0.25, 0.3) is 11.4 Å². The van der Waals surface area contributed by atoms with Crippen molar-refractivity contribution in [3.63, 3.8) is 0 Å². The number of aryl methyl sites for hydroxylation is 1. The molecule has 3 aromatic heterocycles. The predicted molar refractivity (Wildman–Crippen MR) is 115 cm³/mol. The van der Waals surface area contributed by atoms with Gasteiger partial charge in [0.1, 0.15) is 10.8 Å². The zero-order valence-corrected chi connectivity index (χ0v) is 17.7. The van der Waals surface area contributed by atoms with Gasteiger partial charge in [-0.25, -0.2) is 19.7 Å². The molecule has 5 rings (SSSR count). The van der Waals surface area contributed by atoms with Crippen molar-refractivity contribution in [2.24, 2.45) is 0 Å². The summed E-state index contributed by atoms with van der Waals surface area (Å²) < 4.78 is 5.11. The number of hydrogen-bond donors (Lipinski definition) is 0. The quantitative estimate of drug-likeness (QED) is 0.576. The third-order valence-corrected chi connectivity index (χ3v) is 6.61. The van der Waals surface area contributed by atoms with Crippen molar-refractivity contribution in [1.82, 2.24) is 19.9 Å². The molecule has 0 N–H and O–H groups in total. The molecule has 1 unspecified atom stereocenters. The van der Waals surface area contributed by atoms with Gasteiger partial charge in [0.05, 0.1) is 12.6 Å². The van der Waals surface area contributed by atoms with Crippen molar-refractivity contribution in [1.29, 1.82) is 0 Å². The van der Waals surface area contributed by atoms with E-state index in [4.69, 9.17) is 14.7 Å². The van der Waals surface area contributed by atoms with Gasteiger partial charge in [0.15, 0.2) is 11.5 Å². The number of aromatic nitrogens is 4. The van der Waals surface area contributed by atoms with E-state index in [0.717, 1.165) is 66.6 Å². The van der Waals surface area contributed by atoms with E-state index in [1.807, 2.05) is 12.1 Å². The van der Waals surface area contributed by atoms with Crippen LogP contribution >= 0.6 is 11.3 Å². The fourth-order valence-electron chi connectivity index (χ4n) is 4.30. The number of esters is 1. The van der Waals surface area contributed by atoms with Gasteiger partial charge in [-0.2, -0.15) is 0 Å². The lowest BCUT2D eigenvalue weighted by molar-refractivity contribution is 0.0520. The lowest BCUT2D eigenvalue weighted by atomic mass is 10.1. The second-order valence-corrected chi connectivity index (χ2v) is 8.42. The van der Waals surface area contributed by atoms with Crippen molar-refractivity contribution >= 4 is 23.1 Å². The number of pyridine rings is 1. The fourth-order valence-corrected chi connectivity index (χ4v) is 5.23. The van der Waals surface area contributed by atoms with Gasteiger partial charge < -0.3 is 9.64 Å². The molecule has 1 fully saturated rings. The Morgan fingerprint density at radius 3 is 2.90 bits per heavy atom. The first kappa shape index (κ1) is 19.1. The van der Waals surface area contributed by atoms with Crippen LogP contribution < -0.4 is 4.90 Å². The van der Waals surface area contributed by atoms with Crippen molar-refractivity contribution in [2.45, 2.75) is 45.1 Å². The minimum atomic E-state index is -0.354.